The number of hydrogen-bond donors (Lipinski definition) is 2. The Morgan fingerprint density at radius 3 is 2.42 bits per heavy atom. The summed E-state index contributed by atoms with van der Waals surface area (Å²) in [6, 6.07) is 5.52. The van der Waals surface area contributed by atoms with Crippen LogP contribution in [0.3, 0.4) is 0 Å². The van der Waals surface area contributed by atoms with Gasteiger partial charge in [-0.15, -0.1) is 0 Å². The van der Waals surface area contributed by atoms with Crippen molar-refractivity contribution >= 4 is 11.9 Å². The minimum absolute atomic E-state index is 0.183. The third-order valence-electron chi connectivity index (χ3n) is 2.50. The molecule has 0 aromatic heterocycles. The van der Waals surface area contributed by atoms with Crippen LogP contribution in [0.15, 0.2) is 28.3 Å². The highest BCUT2D eigenvalue weighted by Gasteiger charge is 2.09. The lowest BCUT2D eigenvalue weighted by Crippen LogP contribution is -2.07. The quantitative estimate of drug-likeness (QED) is 0.497. The fourth-order valence-electron chi connectivity index (χ4n) is 1.47. The van der Waals surface area contributed by atoms with Gasteiger partial charge in [-0.1, -0.05) is 33.8 Å². The first-order chi connectivity index (χ1) is 9.10. The van der Waals surface area contributed by atoms with E-state index in [1.807, 2.05) is 32.9 Å². The van der Waals surface area contributed by atoms with Gasteiger partial charge in [-0.3, -0.25) is 4.99 Å². The molecule has 1 aromatic carbocycles. The van der Waals surface area contributed by atoms with E-state index in [1.165, 1.54) is 0 Å². The van der Waals surface area contributed by atoms with Crippen molar-refractivity contribution in [3.63, 3.8) is 0 Å². The number of nitrogens with zero attached hydrogens (tertiary/aromatic N) is 2. The predicted octanol–water partition coefficient (Wildman–Crippen LogP) is 3.30. The Labute approximate surface area is 116 Å². The van der Waals surface area contributed by atoms with Crippen molar-refractivity contribution in [2.45, 2.75) is 40.5 Å². The molecule has 0 saturated heterocycles. The van der Waals surface area contributed by atoms with E-state index in [4.69, 9.17) is 5.84 Å². The molecule has 0 fully saturated rings. The Balaban J connectivity index is 0.00000154. The van der Waals surface area contributed by atoms with Crippen LogP contribution < -0.4 is 5.84 Å². The standard InChI is InChI=1S/C13H19N3O.C2H6/c1-4-15-8-12(16-14)11-6-5-10(9(2)3)7-13(11)17;1-2/h5-9,17H,4,14H2,1-3H3;1-2H3/b15-8?,16-12+;. The van der Waals surface area contributed by atoms with Gasteiger partial charge in [0.1, 0.15) is 11.5 Å². The first kappa shape index (κ1) is 17.2. The molecule has 4 heteroatoms. The molecule has 3 N–H and O–H groups in total. The predicted molar refractivity (Wildman–Crippen MR) is 83.3 cm³/mol. The Kier molecular flexibility index (Phi) is 8.25. The summed E-state index contributed by atoms with van der Waals surface area (Å²) < 4.78 is 0. The maximum Gasteiger partial charge on any atom is 0.125 e. The van der Waals surface area contributed by atoms with Gasteiger partial charge in [0.2, 0.25) is 0 Å². The first-order valence-electron chi connectivity index (χ1n) is 6.71. The van der Waals surface area contributed by atoms with Crippen LogP contribution in [0.4, 0.5) is 0 Å². The lowest BCUT2D eigenvalue weighted by atomic mass is 9.99. The average Bonchev–Trinajstić information content (AvgIpc) is 2.43. The van der Waals surface area contributed by atoms with Gasteiger partial charge in [0, 0.05) is 18.3 Å². The van der Waals surface area contributed by atoms with Gasteiger partial charge < -0.3 is 10.9 Å². The number of aromatic hydroxyl groups is 1. The smallest absolute Gasteiger partial charge is 0.125 e. The highest BCUT2D eigenvalue weighted by molar-refractivity contribution is 6.38. The summed E-state index contributed by atoms with van der Waals surface area (Å²) in [5, 5.41) is 13.6. The SMILES string of the molecule is CC.CCN=C/C(=N\N)c1ccc(C(C)C)cc1O. The highest BCUT2D eigenvalue weighted by Crippen LogP contribution is 2.23. The first-order valence-corrected chi connectivity index (χ1v) is 6.71. The molecule has 0 aliphatic heterocycles. The molecule has 0 atom stereocenters. The molecule has 19 heavy (non-hydrogen) atoms. The van der Waals surface area contributed by atoms with Crippen LogP contribution in [-0.4, -0.2) is 23.6 Å². The number of aliphatic imine (C=N–C) groups is 1. The molecule has 1 rings (SSSR count). The fraction of sp³-hybridized carbons (Fsp3) is 0.467. The van der Waals surface area contributed by atoms with Crippen molar-refractivity contribution < 1.29 is 5.11 Å². The molecule has 0 bridgehead atoms. The lowest BCUT2D eigenvalue weighted by molar-refractivity contribution is 0.473. The molecular weight excluding hydrogens is 238 g/mol. The van der Waals surface area contributed by atoms with Crippen LogP contribution in [0, 0.1) is 0 Å². The van der Waals surface area contributed by atoms with Gasteiger partial charge in [-0.2, -0.15) is 5.10 Å². The van der Waals surface area contributed by atoms with E-state index < -0.39 is 0 Å². The molecule has 0 spiro atoms. The average molecular weight is 263 g/mol. The summed E-state index contributed by atoms with van der Waals surface area (Å²) in [6.45, 7) is 10.7. The van der Waals surface area contributed by atoms with E-state index in [1.54, 1.807) is 12.3 Å². The molecule has 0 heterocycles. The number of benzene rings is 1. The molecule has 0 aliphatic carbocycles. The van der Waals surface area contributed by atoms with Gasteiger partial charge in [-0.25, -0.2) is 0 Å². The Hall–Kier alpha value is -1.84. The lowest BCUT2D eigenvalue weighted by Gasteiger charge is -2.09. The fourth-order valence-corrected chi connectivity index (χ4v) is 1.47. The van der Waals surface area contributed by atoms with Crippen LogP contribution in [0.1, 0.15) is 51.7 Å². The minimum atomic E-state index is 0.183. The normalized spacial score (nSPS) is 11.6. The van der Waals surface area contributed by atoms with E-state index in [0.29, 0.717) is 23.7 Å². The Morgan fingerprint density at radius 1 is 1.37 bits per heavy atom. The zero-order chi connectivity index (χ0) is 14.8. The number of hydrazone groups is 1. The van der Waals surface area contributed by atoms with Crippen molar-refractivity contribution in [1.82, 2.24) is 0 Å². The second kappa shape index (κ2) is 9.14. The van der Waals surface area contributed by atoms with Crippen molar-refractivity contribution in [3.8, 4) is 5.75 Å². The monoisotopic (exact) mass is 263 g/mol. The third-order valence-corrected chi connectivity index (χ3v) is 2.50. The van der Waals surface area contributed by atoms with Crippen molar-refractivity contribution in [1.29, 1.82) is 0 Å². The zero-order valence-corrected chi connectivity index (χ0v) is 12.5. The van der Waals surface area contributed by atoms with E-state index in [9.17, 15) is 5.11 Å². The summed E-state index contributed by atoms with van der Waals surface area (Å²) in [4.78, 5) is 4.07. The van der Waals surface area contributed by atoms with Crippen molar-refractivity contribution in [3.05, 3.63) is 29.3 Å². The van der Waals surface area contributed by atoms with Gasteiger partial charge in [-0.05, 0) is 30.5 Å². The number of phenols is 1. The molecular formula is C15H25N3O. The summed E-state index contributed by atoms with van der Waals surface area (Å²) >= 11 is 0. The Morgan fingerprint density at radius 2 is 2.00 bits per heavy atom. The van der Waals surface area contributed by atoms with E-state index >= 15 is 0 Å². The van der Waals surface area contributed by atoms with Crippen LogP contribution in [0.2, 0.25) is 0 Å². The largest absolute Gasteiger partial charge is 0.507 e. The number of hydrogen-bond acceptors (Lipinski definition) is 4. The molecule has 0 amide bonds. The van der Waals surface area contributed by atoms with E-state index in [2.05, 4.69) is 23.9 Å². The van der Waals surface area contributed by atoms with Crippen LogP contribution in [0.5, 0.6) is 5.75 Å². The molecule has 0 aliphatic rings. The Bertz CT molecular complexity index is 437. The summed E-state index contributed by atoms with van der Waals surface area (Å²) in [7, 11) is 0. The summed E-state index contributed by atoms with van der Waals surface area (Å²) in [5.74, 6) is 5.85. The van der Waals surface area contributed by atoms with E-state index in [-0.39, 0.29) is 5.75 Å². The third kappa shape index (κ3) is 5.12. The van der Waals surface area contributed by atoms with Crippen LogP contribution in [-0.2, 0) is 0 Å². The van der Waals surface area contributed by atoms with Crippen LogP contribution >= 0.6 is 0 Å². The number of rotatable bonds is 4. The second-order valence-corrected chi connectivity index (χ2v) is 4.07. The summed E-state index contributed by atoms with van der Waals surface area (Å²) in [5.41, 5.74) is 2.17. The van der Waals surface area contributed by atoms with Crippen molar-refractivity contribution in [2.75, 3.05) is 6.54 Å². The van der Waals surface area contributed by atoms with Crippen molar-refractivity contribution in [2.24, 2.45) is 15.9 Å². The summed E-state index contributed by atoms with van der Waals surface area (Å²) in [6.07, 6.45) is 1.57. The van der Waals surface area contributed by atoms with Gasteiger partial charge in [0.05, 0.1) is 0 Å². The number of nitrogens with two attached hydrogens (primary N) is 1. The molecule has 4 nitrogen and oxygen atoms in total. The molecule has 0 unspecified atom stereocenters. The molecule has 1 aromatic rings. The maximum absolute atomic E-state index is 9.94. The number of phenolic OH excluding ortho intramolecular Hbond substituents is 1. The minimum Gasteiger partial charge on any atom is -0.507 e. The van der Waals surface area contributed by atoms with E-state index in [0.717, 1.165) is 5.56 Å². The molecule has 0 radical (unpaired) electrons. The zero-order valence-electron chi connectivity index (χ0n) is 12.5. The highest BCUT2D eigenvalue weighted by atomic mass is 16.3. The second-order valence-electron chi connectivity index (χ2n) is 4.07. The van der Waals surface area contributed by atoms with Gasteiger partial charge in [0.25, 0.3) is 0 Å². The molecule has 0 saturated carbocycles. The topological polar surface area (TPSA) is 71.0 Å². The van der Waals surface area contributed by atoms with Gasteiger partial charge in [0.15, 0.2) is 0 Å². The van der Waals surface area contributed by atoms with Gasteiger partial charge >= 0.3 is 0 Å². The van der Waals surface area contributed by atoms with Crippen LogP contribution in [0.25, 0.3) is 0 Å². The molecule has 106 valence electrons. The maximum atomic E-state index is 9.94.